The molecule has 0 radical (unpaired) electrons. The maximum atomic E-state index is 12.9. The fraction of sp³-hybridized carbons (Fsp3) is 0.276. The number of para-hydroxylation sites is 3. The van der Waals surface area contributed by atoms with Crippen molar-refractivity contribution in [1.82, 2.24) is 19.7 Å². The molecule has 40 heavy (non-hydrogen) atoms. The van der Waals surface area contributed by atoms with Crippen LogP contribution in [-0.4, -0.2) is 69.5 Å². The van der Waals surface area contributed by atoms with Gasteiger partial charge in [0.05, 0.1) is 17.7 Å². The summed E-state index contributed by atoms with van der Waals surface area (Å²) in [5.41, 5.74) is 2.71. The quantitative estimate of drug-likeness (QED) is 0.115. The van der Waals surface area contributed by atoms with E-state index in [9.17, 15) is 14.9 Å². The highest BCUT2D eigenvalue weighted by atomic mass is 32.2. The number of ether oxygens (including phenoxy) is 1. The van der Waals surface area contributed by atoms with Crippen molar-refractivity contribution in [2.24, 2.45) is 0 Å². The maximum absolute atomic E-state index is 12.9. The van der Waals surface area contributed by atoms with E-state index >= 15 is 0 Å². The zero-order valence-corrected chi connectivity index (χ0v) is 23.0. The van der Waals surface area contributed by atoms with Crippen molar-refractivity contribution < 1.29 is 14.5 Å². The first-order chi connectivity index (χ1) is 19.5. The standard InChI is InChI=1S/C29H30N6O4S/c1-39-26-11-6-5-10-25(26)32-17-19-33(20-18-32)27(36)12-7-21-40-29-31-30-28(34(29)23-8-3-2-4-9-23)22-13-15-24(16-14-22)35(37)38/h2-6,8-11,13-16H,7,12,17-21H2,1H3. The molecular formula is C29H30N6O4S. The summed E-state index contributed by atoms with van der Waals surface area (Å²) in [7, 11) is 1.68. The van der Waals surface area contributed by atoms with Gasteiger partial charge < -0.3 is 14.5 Å². The Morgan fingerprint density at radius 3 is 2.35 bits per heavy atom. The molecule has 11 heteroatoms. The van der Waals surface area contributed by atoms with Gasteiger partial charge in [0, 0.05) is 61.7 Å². The van der Waals surface area contributed by atoms with Crippen molar-refractivity contribution in [3.63, 3.8) is 0 Å². The second-order valence-corrected chi connectivity index (χ2v) is 10.3. The average Bonchev–Trinajstić information content (AvgIpc) is 3.43. The second-order valence-electron chi connectivity index (χ2n) is 9.27. The number of aromatic nitrogens is 3. The van der Waals surface area contributed by atoms with E-state index in [2.05, 4.69) is 21.2 Å². The van der Waals surface area contributed by atoms with Gasteiger partial charge in [-0.15, -0.1) is 10.2 Å². The van der Waals surface area contributed by atoms with E-state index in [4.69, 9.17) is 4.74 Å². The molecule has 0 aliphatic carbocycles. The van der Waals surface area contributed by atoms with Crippen molar-refractivity contribution in [2.45, 2.75) is 18.0 Å². The minimum Gasteiger partial charge on any atom is -0.495 e. The number of benzene rings is 3. The van der Waals surface area contributed by atoms with Gasteiger partial charge in [-0.25, -0.2) is 0 Å². The molecule has 10 nitrogen and oxygen atoms in total. The van der Waals surface area contributed by atoms with Gasteiger partial charge in [0.15, 0.2) is 11.0 Å². The normalized spacial score (nSPS) is 13.3. The summed E-state index contributed by atoms with van der Waals surface area (Å²) in [6.45, 7) is 2.91. The van der Waals surface area contributed by atoms with Crippen LogP contribution in [0.4, 0.5) is 11.4 Å². The lowest BCUT2D eigenvalue weighted by atomic mass is 10.2. The van der Waals surface area contributed by atoms with Crippen molar-refractivity contribution in [3.05, 3.63) is 89.0 Å². The Labute approximate surface area is 236 Å². The number of carbonyl (C=O) groups is 1. The van der Waals surface area contributed by atoms with Gasteiger partial charge in [-0.2, -0.15) is 0 Å². The van der Waals surface area contributed by atoms with E-state index in [1.165, 1.54) is 12.1 Å². The lowest BCUT2D eigenvalue weighted by molar-refractivity contribution is -0.384. The van der Waals surface area contributed by atoms with Crippen LogP contribution < -0.4 is 9.64 Å². The Kier molecular flexibility index (Phi) is 8.60. The summed E-state index contributed by atoms with van der Waals surface area (Å²) in [4.78, 5) is 27.8. The molecule has 3 aromatic carbocycles. The zero-order valence-electron chi connectivity index (χ0n) is 22.2. The van der Waals surface area contributed by atoms with E-state index in [-0.39, 0.29) is 11.6 Å². The van der Waals surface area contributed by atoms with Gasteiger partial charge in [-0.05, 0) is 42.8 Å². The van der Waals surface area contributed by atoms with E-state index < -0.39 is 4.92 Å². The predicted octanol–water partition coefficient (Wildman–Crippen LogP) is 5.07. The molecule has 1 amide bonds. The highest BCUT2D eigenvalue weighted by Crippen LogP contribution is 2.30. The molecule has 1 aromatic heterocycles. The van der Waals surface area contributed by atoms with Gasteiger partial charge in [0.2, 0.25) is 5.91 Å². The number of carbonyl (C=O) groups excluding carboxylic acids is 1. The number of methoxy groups -OCH3 is 1. The fourth-order valence-corrected chi connectivity index (χ4v) is 5.62. The second kappa shape index (κ2) is 12.6. The Hall–Kier alpha value is -4.38. The SMILES string of the molecule is COc1ccccc1N1CCN(C(=O)CCCSc2nnc(-c3ccc([N+](=O)[O-])cc3)n2-c2ccccc2)CC1. The Morgan fingerprint density at radius 2 is 1.65 bits per heavy atom. The number of nitro benzene ring substituents is 1. The Bertz CT molecular complexity index is 1450. The molecule has 206 valence electrons. The topological polar surface area (TPSA) is 107 Å². The molecule has 2 heterocycles. The third-order valence-corrected chi connectivity index (χ3v) is 7.82. The highest BCUT2D eigenvalue weighted by molar-refractivity contribution is 7.99. The predicted molar refractivity (Wildman–Crippen MR) is 155 cm³/mol. The minimum atomic E-state index is -0.422. The molecule has 1 fully saturated rings. The van der Waals surface area contributed by atoms with Gasteiger partial charge in [-0.1, -0.05) is 42.1 Å². The van der Waals surface area contributed by atoms with Crippen LogP contribution in [0.25, 0.3) is 17.1 Å². The molecule has 1 saturated heterocycles. The molecule has 1 aliphatic rings. The summed E-state index contributed by atoms with van der Waals surface area (Å²) in [5.74, 6) is 2.32. The molecule has 0 atom stereocenters. The summed E-state index contributed by atoms with van der Waals surface area (Å²) in [6, 6.07) is 24.0. The smallest absolute Gasteiger partial charge is 0.269 e. The van der Waals surface area contributed by atoms with Gasteiger partial charge in [0.1, 0.15) is 5.75 Å². The lowest BCUT2D eigenvalue weighted by Crippen LogP contribution is -2.48. The fourth-order valence-electron chi connectivity index (χ4n) is 4.73. The first-order valence-corrected chi connectivity index (χ1v) is 14.1. The van der Waals surface area contributed by atoms with Gasteiger partial charge in [-0.3, -0.25) is 19.5 Å². The summed E-state index contributed by atoms with van der Waals surface area (Å²) >= 11 is 1.54. The molecule has 0 N–H and O–H groups in total. The number of anilines is 1. The highest BCUT2D eigenvalue weighted by Gasteiger charge is 2.23. The Morgan fingerprint density at radius 1 is 0.950 bits per heavy atom. The van der Waals surface area contributed by atoms with Crippen LogP contribution >= 0.6 is 11.8 Å². The maximum Gasteiger partial charge on any atom is 0.269 e. The van der Waals surface area contributed by atoms with Crippen LogP contribution in [0.3, 0.4) is 0 Å². The number of piperazine rings is 1. The largest absolute Gasteiger partial charge is 0.495 e. The monoisotopic (exact) mass is 558 g/mol. The first-order valence-electron chi connectivity index (χ1n) is 13.1. The molecule has 4 aromatic rings. The molecule has 0 spiro atoms. The number of hydrogen-bond donors (Lipinski definition) is 0. The van der Waals surface area contributed by atoms with Crippen LogP contribution in [-0.2, 0) is 4.79 Å². The summed E-state index contributed by atoms with van der Waals surface area (Å²) in [6.07, 6.45) is 1.18. The van der Waals surface area contributed by atoms with Crippen LogP contribution in [0.15, 0.2) is 84.0 Å². The molecular weight excluding hydrogens is 528 g/mol. The van der Waals surface area contributed by atoms with Crippen LogP contribution in [0.2, 0.25) is 0 Å². The Balaban J connectivity index is 1.18. The van der Waals surface area contributed by atoms with Crippen molar-refractivity contribution >= 4 is 29.0 Å². The zero-order chi connectivity index (χ0) is 27.9. The molecule has 5 rings (SSSR count). The van der Waals surface area contributed by atoms with Gasteiger partial charge in [0.25, 0.3) is 5.69 Å². The van der Waals surface area contributed by atoms with E-state index in [0.717, 1.165) is 35.8 Å². The van der Waals surface area contributed by atoms with Crippen LogP contribution in [0.5, 0.6) is 5.75 Å². The van der Waals surface area contributed by atoms with Crippen LogP contribution in [0.1, 0.15) is 12.8 Å². The van der Waals surface area contributed by atoms with Gasteiger partial charge >= 0.3 is 0 Å². The lowest BCUT2D eigenvalue weighted by Gasteiger charge is -2.36. The number of nitro groups is 1. The minimum absolute atomic E-state index is 0.0231. The number of nitrogens with zero attached hydrogens (tertiary/aromatic N) is 6. The molecule has 0 saturated carbocycles. The van der Waals surface area contributed by atoms with E-state index in [1.54, 1.807) is 31.0 Å². The van der Waals surface area contributed by atoms with Crippen LogP contribution in [0, 0.1) is 10.1 Å². The van der Waals surface area contributed by atoms with Crippen molar-refractivity contribution in [2.75, 3.05) is 43.9 Å². The number of thioether (sulfide) groups is 1. The summed E-state index contributed by atoms with van der Waals surface area (Å²) < 4.78 is 7.44. The average molecular weight is 559 g/mol. The number of hydrogen-bond acceptors (Lipinski definition) is 8. The molecule has 1 aliphatic heterocycles. The molecule has 0 bridgehead atoms. The number of non-ortho nitro benzene ring substituents is 1. The third-order valence-electron chi connectivity index (χ3n) is 6.81. The third kappa shape index (κ3) is 6.09. The first kappa shape index (κ1) is 27.2. The number of rotatable bonds is 10. The van der Waals surface area contributed by atoms with E-state index in [1.807, 2.05) is 58.0 Å². The summed E-state index contributed by atoms with van der Waals surface area (Å²) in [5, 5.41) is 20.6. The molecule has 0 unspecified atom stereocenters. The number of amides is 1. The van der Waals surface area contributed by atoms with Crippen molar-refractivity contribution in [3.8, 4) is 22.8 Å². The van der Waals surface area contributed by atoms with Crippen molar-refractivity contribution in [1.29, 1.82) is 0 Å². The van der Waals surface area contributed by atoms with E-state index in [0.29, 0.717) is 42.7 Å².